The van der Waals surface area contributed by atoms with Gasteiger partial charge >= 0.3 is 0 Å². The fraction of sp³-hybridized carbons (Fsp3) is 0.455. The van der Waals surface area contributed by atoms with Crippen LogP contribution >= 0.6 is 11.6 Å². The van der Waals surface area contributed by atoms with E-state index in [1.165, 1.54) is 0 Å². The topological polar surface area (TPSA) is 18.5 Å². The van der Waals surface area contributed by atoms with Gasteiger partial charge in [-0.1, -0.05) is 11.6 Å². The van der Waals surface area contributed by atoms with Gasteiger partial charge in [0.15, 0.2) is 0 Å². The second-order valence-corrected chi connectivity index (χ2v) is 3.54. The van der Waals surface area contributed by atoms with Gasteiger partial charge in [-0.2, -0.15) is 0 Å². The number of halogens is 1. The molecule has 78 valence electrons. The summed E-state index contributed by atoms with van der Waals surface area (Å²) in [6.45, 7) is 2.65. The predicted octanol–water partition coefficient (Wildman–Crippen LogP) is 2.85. The van der Waals surface area contributed by atoms with Crippen molar-refractivity contribution >= 4 is 11.6 Å². The van der Waals surface area contributed by atoms with E-state index >= 15 is 0 Å². The van der Waals surface area contributed by atoms with Gasteiger partial charge in [0.05, 0.1) is 13.7 Å². The molecule has 1 rings (SSSR count). The third kappa shape index (κ3) is 2.63. The Morgan fingerprint density at radius 1 is 1.29 bits per heavy atom. The maximum Gasteiger partial charge on any atom is 0.119 e. The summed E-state index contributed by atoms with van der Waals surface area (Å²) >= 11 is 6.15. The van der Waals surface area contributed by atoms with Gasteiger partial charge < -0.3 is 9.47 Å². The number of hydrogen-bond donors (Lipinski definition) is 0. The minimum Gasteiger partial charge on any atom is -0.497 e. The van der Waals surface area contributed by atoms with Crippen molar-refractivity contribution < 1.29 is 9.47 Å². The van der Waals surface area contributed by atoms with Crippen molar-refractivity contribution in [3.8, 4) is 5.75 Å². The Labute approximate surface area is 89.8 Å². The summed E-state index contributed by atoms with van der Waals surface area (Å²) in [6.07, 6.45) is 0.813. The number of ether oxygens (including phenoxy) is 2. The summed E-state index contributed by atoms with van der Waals surface area (Å²) in [5, 5.41) is 0.808. The van der Waals surface area contributed by atoms with Gasteiger partial charge in [0, 0.05) is 12.1 Å². The summed E-state index contributed by atoms with van der Waals surface area (Å²) in [4.78, 5) is 0. The minimum atomic E-state index is 0.673. The summed E-state index contributed by atoms with van der Waals surface area (Å²) in [5.41, 5.74) is 2.11. The standard InChI is InChI=1S/C11H15ClO2/c1-8-6-10(14-3)7-9(11(8)12)4-5-13-2/h6-7H,4-5H2,1-3H3. The van der Waals surface area contributed by atoms with E-state index < -0.39 is 0 Å². The summed E-state index contributed by atoms with van der Waals surface area (Å²) < 4.78 is 10.2. The zero-order chi connectivity index (χ0) is 10.6. The molecule has 1 aromatic carbocycles. The third-order valence-electron chi connectivity index (χ3n) is 2.11. The molecule has 0 heterocycles. The SMILES string of the molecule is COCCc1cc(OC)cc(C)c1Cl. The lowest BCUT2D eigenvalue weighted by atomic mass is 10.1. The highest BCUT2D eigenvalue weighted by atomic mass is 35.5. The van der Waals surface area contributed by atoms with Crippen molar-refractivity contribution in [2.75, 3.05) is 20.8 Å². The third-order valence-corrected chi connectivity index (χ3v) is 2.66. The summed E-state index contributed by atoms with van der Waals surface area (Å²) in [7, 11) is 3.34. The maximum absolute atomic E-state index is 6.15. The molecule has 0 aliphatic carbocycles. The van der Waals surface area contributed by atoms with Crippen molar-refractivity contribution in [3.05, 3.63) is 28.3 Å². The maximum atomic E-state index is 6.15. The fourth-order valence-electron chi connectivity index (χ4n) is 1.32. The van der Waals surface area contributed by atoms with Gasteiger partial charge in [-0.3, -0.25) is 0 Å². The highest BCUT2D eigenvalue weighted by Crippen LogP contribution is 2.26. The molecular weight excluding hydrogens is 200 g/mol. The molecule has 14 heavy (non-hydrogen) atoms. The van der Waals surface area contributed by atoms with Crippen molar-refractivity contribution in [1.29, 1.82) is 0 Å². The van der Waals surface area contributed by atoms with Crippen LogP contribution < -0.4 is 4.74 Å². The fourth-order valence-corrected chi connectivity index (χ4v) is 1.52. The molecule has 0 N–H and O–H groups in total. The van der Waals surface area contributed by atoms with Crippen LogP contribution in [-0.2, 0) is 11.2 Å². The van der Waals surface area contributed by atoms with Crippen molar-refractivity contribution in [2.24, 2.45) is 0 Å². The summed E-state index contributed by atoms with van der Waals surface area (Å²) in [6, 6.07) is 3.88. The zero-order valence-electron chi connectivity index (χ0n) is 8.76. The molecule has 2 nitrogen and oxygen atoms in total. The Morgan fingerprint density at radius 3 is 2.57 bits per heavy atom. The predicted molar refractivity (Wildman–Crippen MR) is 58.3 cm³/mol. The van der Waals surface area contributed by atoms with Crippen LogP contribution in [0.5, 0.6) is 5.75 Å². The second-order valence-electron chi connectivity index (χ2n) is 3.16. The average molecular weight is 215 g/mol. The first-order valence-electron chi connectivity index (χ1n) is 4.51. The van der Waals surface area contributed by atoms with E-state index in [2.05, 4.69) is 0 Å². The van der Waals surface area contributed by atoms with Gasteiger partial charge in [0.2, 0.25) is 0 Å². The molecule has 0 amide bonds. The van der Waals surface area contributed by atoms with Crippen LogP contribution in [0.15, 0.2) is 12.1 Å². The highest BCUT2D eigenvalue weighted by molar-refractivity contribution is 6.32. The lowest BCUT2D eigenvalue weighted by Crippen LogP contribution is -1.97. The minimum absolute atomic E-state index is 0.673. The van der Waals surface area contributed by atoms with Gasteiger partial charge in [0.1, 0.15) is 5.75 Å². The van der Waals surface area contributed by atoms with Crippen molar-refractivity contribution in [3.63, 3.8) is 0 Å². The van der Waals surface area contributed by atoms with E-state index in [0.29, 0.717) is 6.61 Å². The first-order chi connectivity index (χ1) is 6.69. The molecule has 0 unspecified atom stereocenters. The van der Waals surface area contributed by atoms with Crippen LogP contribution in [0.4, 0.5) is 0 Å². The lowest BCUT2D eigenvalue weighted by Gasteiger charge is -2.09. The number of benzene rings is 1. The molecule has 1 aromatic rings. The molecule has 3 heteroatoms. The van der Waals surface area contributed by atoms with E-state index in [1.807, 2.05) is 19.1 Å². The molecule has 0 saturated heterocycles. The first-order valence-corrected chi connectivity index (χ1v) is 4.88. The van der Waals surface area contributed by atoms with Gasteiger partial charge in [-0.05, 0) is 36.6 Å². The van der Waals surface area contributed by atoms with Crippen LogP contribution in [0.3, 0.4) is 0 Å². The van der Waals surface area contributed by atoms with Crippen LogP contribution in [0.1, 0.15) is 11.1 Å². The van der Waals surface area contributed by atoms with Crippen molar-refractivity contribution in [2.45, 2.75) is 13.3 Å². The molecule has 0 aliphatic heterocycles. The van der Waals surface area contributed by atoms with Crippen LogP contribution in [0.2, 0.25) is 5.02 Å². The molecule has 0 saturated carbocycles. The molecule has 0 bridgehead atoms. The Hall–Kier alpha value is -0.730. The number of rotatable bonds is 4. The smallest absolute Gasteiger partial charge is 0.119 e. The largest absolute Gasteiger partial charge is 0.497 e. The zero-order valence-corrected chi connectivity index (χ0v) is 9.52. The Bertz CT molecular complexity index is 310. The van der Waals surface area contributed by atoms with Crippen molar-refractivity contribution in [1.82, 2.24) is 0 Å². The molecule has 0 fully saturated rings. The number of hydrogen-bond acceptors (Lipinski definition) is 2. The average Bonchev–Trinajstić information content (AvgIpc) is 2.20. The molecule has 0 radical (unpaired) electrons. The van der Waals surface area contributed by atoms with E-state index in [4.69, 9.17) is 21.1 Å². The van der Waals surface area contributed by atoms with E-state index in [0.717, 1.165) is 28.3 Å². The number of aryl methyl sites for hydroxylation is 1. The van der Waals surface area contributed by atoms with Gasteiger partial charge in [-0.25, -0.2) is 0 Å². The summed E-state index contributed by atoms with van der Waals surface area (Å²) in [5.74, 6) is 0.845. The van der Waals surface area contributed by atoms with Crippen LogP contribution in [-0.4, -0.2) is 20.8 Å². The molecule has 0 aliphatic rings. The Morgan fingerprint density at radius 2 is 2.00 bits per heavy atom. The monoisotopic (exact) mass is 214 g/mol. The van der Waals surface area contributed by atoms with E-state index in [1.54, 1.807) is 14.2 Å². The molecule has 0 spiro atoms. The van der Waals surface area contributed by atoms with E-state index in [9.17, 15) is 0 Å². The van der Waals surface area contributed by atoms with E-state index in [-0.39, 0.29) is 0 Å². The second kappa shape index (κ2) is 5.23. The first kappa shape index (κ1) is 11.3. The van der Waals surface area contributed by atoms with Gasteiger partial charge in [-0.15, -0.1) is 0 Å². The normalized spacial score (nSPS) is 10.3. The highest BCUT2D eigenvalue weighted by Gasteiger charge is 2.06. The van der Waals surface area contributed by atoms with Crippen LogP contribution in [0, 0.1) is 6.92 Å². The Balaban J connectivity index is 2.95. The molecule has 0 atom stereocenters. The Kier molecular flexibility index (Phi) is 4.23. The van der Waals surface area contributed by atoms with Crippen LogP contribution in [0.25, 0.3) is 0 Å². The van der Waals surface area contributed by atoms with Gasteiger partial charge in [0.25, 0.3) is 0 Å². The quantitative estimate of drug-likeness (QED) is 0.768. The number of methoxy groups -OCH3 is 2. The molecule has 0 aromatic heterocycles. The lowest BCUT2D eigenvalue weighted by molar-refractivity contribution is 0.202. The molecular formula is C11H15ClO2.